The highest BCUT2D eigenvalue weighted by atomic mass is 32.1. The third-order valence-electron chi connectivity index (χ3n) is 5.67. The molecule has 3 N–H and O–H groups in total. The van der Waals surface area contributed by atoms with Crippen LogP contribution in [0.5, 0.6) is 0 Å². The lowest BCUT2D eigenvalue weighted by atomic mass is 9.98. The van der Waals surface area contributed by atoms with Gasteiger partial charge in [0.15, 0.2) is 5.01 Å². The van der Waals surface area contributed by atoms with Gasteiger partial charge in [-0.2, -0.15) is 5.10 Å². The summed E-state index contributed by atoms with van der Waals surface area (Å²) in [6, 6.07) is 10.5. The Morgan fingerprint density at radius 1 is 1.16 bits per heavy atom. The van der Waals surface area contributed by atoms with Gasteiger partial charge in [0.25, 0.3) is 5.91 Å². The van der Waals surface area contributed by atoms with E-state index in [1.165, 1.54) is 35.3 Å². The first-order valence-corrected chi connectivity index (χ1v) is 11.2. The van der Waals surface area contributed by atoms with Crippen molar-refractivity contribution in [1.82, 2.24) is 20.5 Å². The highest BCUT2D eigenvalue weighted by Crippen LogP contribution is 2.34. The molecule has 2 aliphatic rings. The van der Waals surface area contributed by atoms with E-state index in [1.54, 1.807) is 11.6 Å². The zero-order valence-electron chi connectivity index (χ0n) is 16.7. The number of nitrogens with zero attached hydrogens (tertiary/aromatic N) is 2. The van der Waals surface area contributed by atoms with E-state index in [2.05, 4.69) is 61.9 Å². The smallest absolute Gasteiger partial charge is 0.275 e. The van der Waals surface area contributed by atoms with Crippen LogP contribution in [0.4, 0.5) is 5.69 Å². The number of fused-ring (bicyclic) bond motifs is 2. The van der Waals surface area contributed by atoms with Crippen LogP contribution in [0.1, 0.15) is 39.5 Å². The Labute approximate surface area is 183 Å². The molecule has 1 aliphatic heterocycles. The molecule has 3 heterocycles. The fourth-order valence-corrected chi connectivity index (χ4v) is 4.46. The summed E-state index contributed by atoms with van der Waals surface area (Å²) in [5.41, 5.74) is 6.62. The fourth-order valence-electron chi connectivity index (χ4n) is 3.81. The number of anilines is 1. The summed E-state index contributed by atoms with van der Waals surface area (Å²) in [6.45, 7) is 1.76. The number of thiazole rings is 1. The Morgan fingerprint density at radius 2 is 2.06 bits per heavy atom. The lowest BCUT2D eigenvalue weighted by Gasteiger charge is -2.12. The molecule has 6 rings (SSSR count). The SMILES string of the molecule is O=C(Nc1cc2[nH]ncc2cc1-c1ccc2c(c1)CNC2)c1csc(C#CC2CC2)n1. The maximum atomic E-state index is 13.0. The molecule has 152 valence electrons. The lowest BCUT2D eigenvalue weighted by molar-refractivity contribution is 0.102. The summed E-state index contributed by atoms with van der Waals surface area (Å²) in [7, 11) is 0. The van der Waals surface area contributed by atoms with E-state index >= 15 is 0 Å². The van der Waals surface area contributed by atoms with Crippen LogP contribution in [0.2, 0.25) is 0 Å². The Hall–Kier alpha value is -3.47. The van der Waals surface area contributed by atoms with E-state index in [4.69, 9.17) is 0 Å². The summed E-state index contributed by atoms with van der Waals surface area (Å²) in [6.07, 6.45) is 4.14. The van der Waals surface area contributed by atoms with Gasteiger partial charge in [-0.15, -0.1) is 11.3 Å². The van der Waals surface area contributed by atoms with E-state index in [0.29, 0.717) is 16.6 Å². The van der Waals surface area contributed by atoms with Crippen LogP contribution in [0.15, 0.2) is 41.9 Å². The molecule has 1 amide bonds. The molecule has 0 radical (unpaired) electrons. The predicted molar refractivity (Wildman–Crippen MR) is 122 cm³/mol. The molecule has 1 fully saturated rings. The first-order chi connectivity index (χ1) is 15.2. The Bertz CT molecular complexity index is 1390. The molecule has 4 aromatic rings. The summed E-state index contributed by atoms with van der Waals surface area (Å²) < 4.78 is 0. The molecular weight excluding hydrogens is 406 g/mol. The molecule has 0 unspecified atom stereocenters. The van der Waals surface area contributed by atoms with Crippen LogP contribution in [0.25, 0.3) is 22.0 Å². The number of aromatic nitrogens is 3. The molecule has 6 nitrogen and oxygen atoms in total. The normalized spacial score (nSPS) is 14.8. The average molecular weight is 426 g/mol. The van der Waals surface area contributed by atoms with Crippen molar-refractivity contribution in [2.45, 2.75) is 25.9 Å². The number of hydrogen-bond acceptors (Lipinski definition) is 5. The van der Waals surface area contributed by atoms with Crippen molar-refractivity contribution in [2.75, 3.05) is 5.32 Å². The van der Waals surface area contributed by atoms with Crippen molar-refractivity contribution in [2.24, 2.45) is 5.92 Å². The molecule has 1 saturated carbocycles. The molecule has 7 heteroatoms. The standard InChI is InChI=1S/C24H19N5OS/c30-24(22-13-31-23(27-22)6-3-14-1-2-14)28-21-9-20-18(12-26-29-20)8-19(21)15-4-5-16-10-25-11-17(16)7-15/h4-5,7-9,12-14,25H,1-2,10-11H2,(H,26,29)(H,28,30). The van der Waals surface area contributed by atoms with E-state index in [0.717, 1.165) is 40.8 Å². The molecule has 2 aromatic heterocycles. The van der Waals surface area contributed by atoms with Crippen LogP contribution >= 0.6 is 11.3 Å². The summed E-state index contributed by atoms with van der Waals surface area (Å²) >= 11 is 1.41. The zero-order chi connectivity index (χ0) is 20.8. The van der Waals surface area contributed by atoms with Gasteiger partial charge in [0, 0.05) is 35.3 Å². The number of rotatable bonds is 3. The van der Waals surface area contributed by atoms with Crippen LogP contribution in [0.3, 0.4) is 0 Å². The van der Waals surface area contributed by atoms with Gasteiger partial charge in [0.05, 0.1) is 17.4 Å². The number of nitrogens with one attached hydrogen (secondary N) is 3. The summed E-state index contributed by atoms with van der Waals surface area (Å²) in [4.78, 5) is 17.4. The Balaban J connectivity index is 1.35. The minimum atomic E-state index is -0.237. The van der Waals surface area contributed by atoms with Crippen molar-refractivity contribution in [3.8, 4) is 23.0 Å². The number of carbonyl (C=O) groups is 1. The van der Waals surface area contributed by atoms with Gasteiger partial charge in [-0.1, -0.05) is 18.1 Å². The van der Waals surface area contributed by atoms with E-state index in [9.17, 15) is 4.79 Å². The number of carbonyl (C=O) groups excluding carboxylic acids is 1. The fraction of sp³-hybridized carbons (Fsp3) is 0.208. The number of hydrogen-bond donors (Lipinski definition) is 3. The van der Waals surface area contributed by atoms with E-state index in [-0.39, 0.29) is 5.91 Å². The Morgan fingerprint density at radius 3 is 2.97 bits per heavy atom. The lowest BCUT2D eigenvalue weighted by Crippen LogP contribution is -2.13. The second kappa shape index (κ2) is 7.34. The molecular formula is C24H19N5OS. The van der Waals surface area contributed by atoms with Crippen LogP contribution in [0, 0.1) is 17.8 Å². The number of H-pyrrole nitrogens is 1. The Kier molecular flexibility index (Phi) is 4.34. The maximum Gasteiger partial charge on any atom is 0.275 e. The summed E-state index contributed by atoms with van der Waals surface area (Å²) in [5.74, 6) is 6.55. The number of amides is 1. The number of benzene rings is 2. The second-order valence-electron chi connectivity index (χ2n) is 7.98. The van der Waals surface area contributed by atoms with Gasteiger partial charge in [-0.25, -0.2) is 4.98 Å². The molecule has 1 aliphatic carbocycles. The van der Waals surface area contributed by atoms with E-state index < -0.39 is 0 Å². The second-order valence-corrected chi connectivity index (χ2v) is 8.84. The van der Waals surface area contributed by atoms with Gasteiger partial charge in [0.1, 0.15) is 5.69 Å². The first-order valence-electron chi connectivity index (χ1n) is 10.3. The van der Waals surface area contributed by atoms with E-state index in [1.807, 2.05) is 6.07 Å². The van der Waals surface area contributed by atoms with Crippen LogP contribution in [-0.2, 0) is 13.1 Å². The number of aromatic amines is 1. The van der Waals surface area contributed by atoms with Crippen LogP contribution in [-0.4, -0.2) is 21.1 Å². The third-order valence-corrected chi connectivity index (χ3v) is 6.43. The summed E-state index contributed by atoms with van der Waals surface area (Å²) in [5, 5.41) is 17.0. The quantitative estimate of drug-likeness (QED) is 0.427. The van der Waals surface area contributed by atoms with Crippen molar-refractivity contribution in [1.29, 1.82) is 0 Å². The van der Waals surface area contributed by atoms with Gasteiger partial charge in [-0.05, 0) is 53.7 Å². The maximum absolute atomic E-state index is 13.0. The molecule has 0 spiro atoms. The van der Waals surface area contributed by atoms with Gasteiger partial charge < -0.3 is 10.6 Å². The van der Waals surface area contributed by atoms with Gasteiger partial charge in [0.2, 0.25) is 0 Å². The minimum absolute atomic E-state index is 0.237. The van der Waals surface area contributed by atoms with Crippen molar-refractivity contribution in [3.63, 3.8) is 0 Å². The molecule has 0 atom stereocenters. The zero-order valence-corrected chi connectivity index (χ0v) is 17.5. The first kappa shape index (κ1) is 18.3. The van der Waals surface area contributed by atoms with Crippen molar-refractivity contribution < 1.29 is 4.79 Å². The molecule has 2 aromatic carbocycles. The monoisotopic (exact) mass is 425 g/mol. The highest BCUT2D eigenvalue weighted by molar-refractivity contribution is 7.10. The van der Waals surface area contributed by atoms with Gasteiger partial charge >= 0.3 is 0 Å². The molecule has 31 heavy (non-hydrogen) atoms. The third kappa shape index (κ3) is 3.61. The predicted octanol–water partition coefficient (Wildman–Crippen LogP) is 4.30. The van der Waals surface area contributed by atoms with Crippen LogP contribution < -0.4 is 10.6 Å². The largest absolute Gasteiger partial charge is 0.320 e. The topological polar surface area (TPSA) is 82.7 Å². The van der Waals surface area contributed by atoms with Crippen molar-refractivity contribution in [3.05, 3.63) is 63.7 Å². The van der Waals surface area contributed by atoms with Gasteiger partial charge in [-0.3, -0.25) is 9.89 Å². The molecule has 0 bridgehead atoms. The highest BCUT2D eigenvalue weighted by Gasteiger charge is 2.19. The molecule has 0 saturated heterocycles. The van der Waals surface area contributed by atoms with Crippen molar-refractivity contribution >= 4 is 33.8 Å². The minimum Gasteiger partial charge on any atom is -0.320 e. The average Bonchev–Trinajstić information content (AvgIpc) is 3.17.